The summed E-state index contributed by atoms with van der Waals surface area (Å²) in [6.07, 6.45) is 1.69. The summed E-state index contributed by atoms with van der Waals surface area (Å²) in [5.41, 5.74) is 0.968. The predicted octanol–water partition coefficient (Wildman–Crippen LogP) is 0.935. The van der Waals surface area contributed by atoms with Crippen LogP contribution in [-0.4, -0.2) is 30.4 Å². The molecule has 0 atom stereocenters. The SMILES string of the molecule is COc1ncc(Br)cc1CNCCO. The second-order valence-corrected chi connectivity index (χ2v) is 3.64. The number of nitrogens with zero attached hydrogens (tertiary/aromatic N) is 1. The second kappa shape index (κ2) is 5.95. The molecule has 0 radical (unpaired) electrons. The number of hydrogen-bond donors (Lipinski definition) is 2. The van der Waals surface area contributed by atoms with Crippen molar-refractivity contribution in [2.45, 2.75) is 6.54 Å². The van der Waals surface area contributed by atoms with Crippen LogP contribution in [0.1, 0.15) is 5.56 Å². The van der Waals surface area contributed by atoms with Crippen LogP contribution < -0.4 is 10.1 Å². The maximum Gasteiger partial charge on any atom is 0.217 e. The lowest BCUT2D eigenvalue weighted by Crippen LogP contribution is -2.18. The number of hydrogen-bond acceptors (Lipinski definition) is 4. The van der Waals surface area contributed by atoms with E-state index in [0.717, 1.165) is 10.0 Å². The van der Waals surface area contributed by atoms with Gasteiger partial charge in [0.2, 0.25) is 5.88 Å². The summed E-state index contributed by atoms with van der Waals surface area (Å²) in [6.45, 7) is 1.33. The fourth-order valence-corrected chi connectivity index (χ4v) is 1.46. The summed E-state index contributed by atoms with van der Waals surface area (Å²) in [7, 11) is 1.59. The van der Waals surface area contributed by atoms with E-state index in [0.29, 0.717) is 19.0 Å². The summed E-state index contributed by atoms with van der Waals surface area (Å²) in [5, 5.41) is 11.7. The fraction of sp³-hybridized carbons (Fsp3) is 0.444. The minimum absolute atomic E-state index is 0.129. The van der Waals surface area contributed by atoms with E-state index in [2.05, 4.69) is 26.2 Å². The monoisotopic (exact) mass is 260 g/mol. The molecule has 5 heteroatoms. The Bertz CT molecular complexity index is 294. The molecule has 0 aliphatic heterocycles. The van der Waals surface area contributed by atoms with Crippen LogP contribution in [0.25, 0.3) is 0 Å². The number of rotatable bonds is 5. The van der Waals surface area contributed by atoms with E-state index in [1.54, 1.807) is 13.3 Å². The zero-order valence-electron chi connectivity index (χ0n) is 7.96. The molecule has 1 heterocycles. The van der Waals surface area contributed by atoms with Crippen LogP contribution in [0.3, 0.4) is 0 Å². The molecule has 78 valence electrons. The molecule has 0 spiro atoms. The normalized spacial score (nSPS) is 10.2. The van der Waals surface area contributed by atoms with Gasteiger partial charge in [-0.3, -0.25) is 0 Å². The highest BCUT2D eigenvalue weighted by molar-refractivity contribution is 9.10. The van der Waals surface area contributed by atoms with E-state index in [1.165, 1.54) is 0 Å². The van der Waals surface area contributed by atoms with Crippen LogP contribution in [0.4, 0.5) is 0 Å². The molecular formula is C9H13BrN2O2. The largest absolute Gasteiger partial charge is 0.481 e. The molecule has 0 unspecified atom stereocenters. The summed E-state index contributed by atoms with van der Waals surface area (Å²) < 4.78 is 6.01. The molecule has 14 heavy (non-hydrogen) atoms. The standard InChI is InChI=1S/C9H13BrN2O2/c1-14-9-7(5-11-2-3-13)4-8(10)6-12-9/h4,6,11,13H,2-3,5H2,1H3. The Balaban J connectivity index is 2.67. The van der Waals surface area contributed by atoms with Crippen molar-refractivity contribution in [2.75, 3.05) is 20.3 Å². The first-order chi connectivity index (χ1) is 6.77. The van der Waals surface area contributed by atoms with Gasteiger partial charge in [-0.05, 0) is 22.0 Å². The lowest BCUT2D eigenvalue weighted by atomic mass is 10.2. The molecule has 0 bridgehead atoms. The lowest BCUT2D eigenvalue weighted by molar-refractivity contribution is 0.291. The van der Waals surface area contributed by atoms with E-state index in [9.17, 15) is 0 Å². The molecule has 1 aromatic heterocycles. The summed E-state index contributed by atoms with van der Waals surface area (Å²) in [4.78, 5) is 4.10. The van der Waals surface area contributed by atoms with E-state index in [1.807, 2.05) is 6.07 Å². The van der Waals surface area contributed by atoms with Crippen molar-refractivity contribution in [3.8, 4) is 5.88 Å². The highest BCUT2D eigenvalue weighted by atomic mass is 79.9. The second-order valence-electron chi connectivity index (χ2n) is 2.72. The smallest absolute Gasteiger partial charge is 0.217 e. The average molecular weight is 261 g/mol. The first kappa shape index (κ1) is 11.4. The lowest BCUT2D eigenvalue weighted by Gasteiger charge is -2.08. The van der Waals surface area contributed by atoms with Gasteiger partial charge in [-0.1, -0.05) is 0 Å². The molecule has 2 N–H and O–H groups in total. The Kier molecular flexibility index (Phi) is 4.86. The Morgan fingerprint density at radius 1 is 1.64 bits per heavy atom. The number of pyridine rings is 1. The number of ether oxygens (including phenoxy) is 1. The molecule has 0 aromatic carbocycles. The topological polar surface area (TPSA) is 54.4 Å². The van der Waals surface area contributed by atoms with E-state index in [4.69, 9.17) is 9.84 Å². The van der Waals surface area contributed by atoms with Crippen molar-refractivity contribution in [3.63, 3.8) is 0 Å². The molecule has 4 nitrogen and oxygen atoms in total. The van der Waals surface area contributed by atoms with Crippen LogP contribution in [0.15, 0.2) is 16.7 Å². The maximum atomic E-state index is 8.61. The Morgan fingerprint density at radius 2 is 2.43 bits per heavy atom. The molecule has 0 fully saturated rings. The van der Waals surface area contributed by atoms with E-state index >= 15 is 0 Å². The summed E-state index contributed by atoms with van der Waals surface area (Å²) >= 11 is 3.34. The number of halogens is 1. The third kappa shape index (κ3) is 3.25. The Hall–Kier alpha value is -0.650. The van der Waals surface area contributed by atoms with Crippen molar-refractivity contribution in [2.24, 2.45) is 0 Å². The quantitative estimate of drug-likeness (QED) is 0.774. The van der Waals surface area contributed by atoms with Gasteiger partial charge >= 0.3 is 0 Å². The summed E-state index contributed by atoms with van der Waals surface area (Å²) in [6, 6.07) is 1.94. The molecule has 0 aliphatic carbocycles. The first-order valence-electron chi connectivity index (χ1n) is 4.28. The van der Waals surface area contributed by atoms with Gasteiger partial charge in [-0.2, -0.15) is 0 Å². The van der Waals surface area contributed by atoms with Gasteiger partial charge in [0.05, 0.1) is 13.7 Å². The maximum absolute atomic E-state index is 8.61. The van der Waals surface area contributed by atoms with Crippen molar-refractivity contribution in [1.82, 2.24) is 10.3 Å². The van der Waals surface area contributed by atoms with E-state index in [-0.39, 0.29) is 6.61 Å². The van der Waals surface area contributed by atoms with Gasteiger partial charge in [-0.25, -0.2) is 4.98 Å². The summed E-state index contributed by atoms with van der Waals surface area (Å²) in [5.74, 6) is 0.610. The minimum atomic E-state index is 0.129. The van der Waals surface area contributed by atoms with Gasteiger partial charge in [0.15, 0.2) is 0 Å². The van der Waals surface area contributed by atoms with Crippen molar-refractivity contribution >= 4 is 15.9 Å². The highest BCUT2D eigenvalue weighted by Crippen LogP contribution is 2.19. The zero-order valence-corrected chi connectivity index (χ0v) is 9.54. The first-order valence-corrected chi connectivity index (χ1v) is 5.07. The molecule has 1 aromatic rings. The van der Waals surface area contributed by atoms with Gasteiger partial charge in [0, 0.05) is 29.3 Å². The van der Waals surface area contributed by atoms with Crippen LogP contribution in [-0.2, 0) is 6.54 Å². The van der Waals surface area contributed by atoms with Gasteiger partial charge in [0.25, 0.3) is 0 Å². The van der Waals surface area contributed by atoms with Gasteiger partial charge < -0.3 is 15.2 Å². The molecule has 1 rings (SSSR count). The number of nitrogens with one attached hydrogen (secondary N) is 1. The molecular weight excluding hydrogens is 248 g/mol. The van der Waals surface area contributed by atoms with E-state index < -0.39 is 0 Å². The number of aliphatic hydroxyl groups is 1. The number of aromatic nitrogens is 1. The van der Waals surface area contributed by atoms with Crippen molar-refractivity contribution in [3.05, 3.63) is 22.3 Å². The van der Waals surface area contributed by atoms with Crippen LogP contribution in [0.2, 0.25) is 0 Å². The van der Waals surface area contributed by atoms with Crippen LogP contribution in [0.5, 0.6) is 5.88 Å². The third-order valence-electron chi connectivity index (χ3n) is 1.69. The van der Waals surface area contributed by atoms with Gasteiger partial charge in [-0.15, -0.1) is 0 Å². The average Bonchev–Trinajstić information content (AvgIpc) is 2.19. The highest BCUT2D eigenvalue weighted by Gasteiger charge is 2.04. The molecule has 0 saturated heterocycles. The van der Waals surface area contributed by atoms with Crippen LogP contribution >= 0.6 is 15.9 Å². The molecule has 0 saturated carbocycles. The fourth-order valence-electron chi connectivity index (χ4n) is 1.08. The Morgan fingerprint density at radius 3 is 3.07 bits per heavy atom. The Labute approximate surface area is 91.4 Å². The zero-order chi connectivity index (χ0) is 10.4. The molecule has 0 amide bonds. The number of methoxy groups -OCH3 is 1. The van der Waals surface area contributed by atoms with Crippen LogP contribution in [0, 0.1) is 0 Å². The van der Waals surface area contributed by atoms with Gasteiger partial charge in [0.1, 0.15) is 0 Å². The number of aliphatic hydroxyl groups excluding tert-OH is 1. The third-order valence-corrected chi connectivity index (χ3v) is 2.12. The predicted molar refractivity (Wildman–Crippen MR) is 57.3 cm³/mol. The minimum Gasteiger partial charge on any atom is -0.481 e. The van der Waals surface area contributed by atoms with Crippen molar-refractivity contribution in [1.29, 1.82) is 0 Å². The van der Waals surface area contributed by atoms with Crippen molar-refractivity contribution < 1.29 is 9.84 Å². The molecule has 0 aliphatic rings.